The van der Waals surface area contributed by atoms with Crippen LogP contribution < -0.4 is 0 Å². The van der Waals surface area contributed by atoms with Gasteiger partial charge in [0.1, 0.15) is 0 Å². The quantitative estimate of drug-likeness (QED) is 0.538. The number of rotatable bonds is 4. The maximum atomic E-state index is 6.43. The molecule has 3 rings (SSSR count). The smallest absolute Gasteiger partial charge is 0.404 e. The third-order valence-electron chi connectivity index (χ3n) is 5.82. The van der Waals surface area contributed by atoms with Gasteiger partial charge in [0.25, 0.3) is 0 Å². The fourth-order valence-corrected chi connectivity index (χ4v) is 4.66. The third-order valence-corrected chi connectivity index (χ3v) is 6.33. The largest absolute Gasteiger partial charge is 0.476 e. The molecule has 0 N–H and O–H groups in total. The van der Waals surface area contributed by atoms with Gasteiger partial charge in [0, 0.05) is 0 Å². The molecule has 0 aromatic carbocycles. The van der Waals surface area contributed by atoms with Crippen LogP contribution in [0.3, 0.4) is 0 Å². The van der Waals surface area contributed by atoms with E-state index < -0.39 is 0 Å². The highest BCUT2D eigenvalue weighted by atomic mass is 35.5. The van der Waals surface area contributed by atoms with Crippen molar-refractivity contribution in [3.8, 4) is 0 Å². The van der Waals surface area contributed by atoms with Gasteiger partial charge < -0.3 is 9.31 Å². The lowest BCUT2D eigenvalue weighted by Crippen LogP contribution is -2.38. The molecule has 0 aromatic heterocycles. The van der Waals surface area contributed by atoms with Gasteiger partial charge >= 0.3 is 7.12 Å². The van der Waals surface area contributed by atoms with E-state index in [1.165, 1.54) is 64.2 Å². The zero-order chi connectivity index (χ0) is 14.7. The summed E-state index contributed by atoms with van der Waals surface area (Å²) >= 11 is 6.43. The van der Waals surface area contributed by atoms with Gasteiger partial charge in [-0.3, -0.25) is 0 Å². The summed E-state index contributed by atoms with van der Waals surface area (Å²) < 4.78 is 12.7. The summed E-state index contributed by atoms with van der Waals surface area (Å²) in [5, 5.41) is 0.00433. The van der Waals surface area contributed by atoms with Crippen molar-refractivity contribution in [1.29, 1.82) is 0 Å². The first kappa shape index (κ1) is 16.1. The number of hydrogen-bond acceptors (Lipinski definition) is 2. The van der Waals surface area contributed by atoms with Crippen molar-refractivity contribution in [1.82, 2.24) is 0 Å². The monoisotopic (exact) mass is 312 g/mol. The van der Waals surface area contributed by atoms with Crippen LogP contribution in [0.5, 0.6) is 0 Å². The molecule has 21 heavy (non-hydrogen) atoms. The second-order valence-corrected chi connectivity index (χ2v) is 7.85. The minimum Gasteiger partial charge on any atom is -0.404 e. The van der Waals surface area contributed by atoms with Crippen LogP contribution in [0, 0.1) is 11.8 Å². The topological polar surface area (TPSA) is 18.5 Å². The maximum absolute atomic E-state index is 6.43. The Hall–Kier alpha value is 0.275. The van der Waals surface area contributed by atoms with E-state index in [2.05, 4.69) is 6.92 Å². The molecule has 0 aromatic rings. The molecule has 0 amide bonds. The summed E-state index contributed by atoms with van der Waals surface area (Å²) in [6.45, 7) is 2.12. The lowest BCUT2D eigenvalue weighted by Gasteiger charge is -2.35. The van der Waals surface area contributed by atoms with Crippen molar-refractivity contribution in [2.75, 3.05) is 0 Å². The van der Waals surface area contributed by atoms with Crippen molar-refractivity contribution in [3.05, 3.63) is 0 Å². The Bertz CT molecular complexity index is 290. The number of hydrogen-bond donors (Lipinski definition) is 0. The molecule has 2 nitrogen and oxygen atoms in total. The van der Waals surface area contributed by atoms with Gasteiger partial charge in [-0.25, -0.2) is 0 Å². The molecular weight excluding hydrogens is 282 g/mol. The third kappa shape index (κ3) is 3.79. The second-order valence-electron chi connectivity index (χ2n) is 7.29. The second kappa shape index (κ2) is 7.70. The van der Waals surface area contributed by atoms with E-state index in [0.717, 1.165) is 6.42 Å². The van der Waals surface area contributed by atoms with Crippen molar-refractivity contribution in [3.63, 3.8) is 0 Å². The molecule has 0 radical (unpaired) electrons. The fraction of sp³-hybridized carbons (Fsp3) is 1.00. The first-order chi connectivity index (χ1) is 10.3. The molecule has 1 saturated heterocycles. The van der Waals surface area contributed by atoms with Crippen LogP contribution in [0.1, 0.15) is 77.6 Å². The molecule has 3 fully saturated rings. The Balaban J connectivity index is 1.69. The lowest BCUT2D eigenvalue weighted by molar-refractivity contribution is 0.0324. The van der Waals surface area contributed by atoms with Crippen LogP contribution in [0.25, 0.3) is 0 Å². The molecule has 2 aliphatic carbocycles. The van der Waals surface area contributed by atoms with E-state index >= 15 is 0 Å². The predicted octanol–water partition coefficient (Wildman–Crippen LogP) is 4.98. The molecular formula is C17H30BClO2. The molecule has 2 saturated carbocycles. The van der Waals surface area contributed by atoms with E-state index in [4.69, 9.17) is 20.9 Å². The summed E-state index contributed by atoms with van der Waals surface area (Å²) in [4.78, 5) is 0. The van der Waals surface area contributed by atoms with Crippen LogP contribution in [-0.2, 0) is 9.31 Å². The van der Waals surface area contributed by atoms with E-state index in [9.17, 15) is 0 Å². The Morgan fingerprint density at radius 2 is 1.29 bits per heavy atom. The van der Waals surface area contributed by atoms with E-state index in [0.29, 0.717) is 24.0 Å². The summed E-state index contributed by atoms with van der Waals surface area (Å²) in [5.41, 5.74) is 0. The minimum absolute atomic E-state index is 0.00433. The fourth-order valence-electron chi connectivity index (χ4n) is 4.54. The van der Waals surface area contributed by atoms with Crippen LogP contribution in [-0.4, -0.2) is 24.6 Å². The summed E-state index contributed by atoms with van der Waals surface area (Å²) in [6, 6.07) is 0. The summed E-state index contributed by atoms with van der Waals surface area (Å²) in [7, 11) is -0.171. The number of halogens is 1. The highest BCUT2D eigenvalue weighted by Gasteiger charge is 2.48. The summed E-state index contributed by atoms with van der Waals surface area (Å²) in [6.07, 6.45) is 15.1. The average molecular weight is 313 g/mol. The highest BCUT2D eigenvalue weighted by molar-refractivity contribution is 6.59. The van der Waals surface area contributed by atoms with E-state index in [1.54, 1.807) is 0 Å². The summed E-state index contributed by atoms with van der Waals surface area (Å²) in [5.74, 6) is 1.41. The van der Waals surface area contributed by atoms with Crippen molar-refractivity contribution in [2.24, 2.45) is 11.8 Å². The van der Waals surface area contributed by atoms with Crippen LogP contribution >= 0.6 is 11.6 Å². The highest BCUT2D eigenvalue weighted by Crippen LogP contribution is 2.41. The zero-order valence-electron chi connectivity index (χ0n) is 13.4. The SMILES string of the molecule is CC[C@@H](Cl)B1O[C@H](C2CCCCC2)[C@@H](C2CCCCC2)O1. The van der Waals surface area contributed by atoms with Crippen LogP contribution in [0.15, 0.2) is 0 Å². The lowest BCUT2D eigenvalue weighted by atomic mass is 9.77. The number of alkyl halides is 1. The Morgan fingerprint density at radius 3 is 1.67 bits per heavy atom. The molecule has 4 heteroatoms. The van der Waals surface area contributed by atoms with Gasteiger partial charge in [0.05, 0.1) is 17.5 Å². The molecule has 0 unspecified atom stereocenters. The molecule has 0 bridgehead atoms. The van der Waals surface area contributed by atoms with Crippen LogP contribution in [0.4, 0.5) is 0 Å². The molecule has 0 spiro atoms. The minimum atomic E-state index is -0.171. The first-order valence-electron chi connectivity index (χ1n) is 9.24. The van der Waals surface area contributed by atoms with Crippen LogP contribution in [0.2, 0.25) is 0 Å². The Labute approximate surface area is 135 Å². The van der Waals surface area contributed by atoms with Gasteiger partial charge in [-0.15, -0.1) is 11.6 Å². The van der Waals surface area contributed by atoms with Gasteiger partial charge in [-0.1, -0.05) is 45.4 Å². The van der Waals surface area contributed by atoms with E-state index in [-0.39, 0.29) is 12.4 Å². The molecule has 3 aliphatic rings. The van der Waals surface area contributed by atoms with Gasteiger partial charge in [0.15, 0.2) is 0 Å². The zero-order valence-corrected chi connectivity index (χ0v) is 14.2. The predicted molar refractivity (Wildman–Crippen MR) is 88.6 cm³/mol. The molecule has 1 heterocycles. The molecule has 1 aliphatic heterocycles. The van der Waals surface area contributed by atoms with Crippen molar-refractivity contribution < 1.29 is 9.31 Å². The Morgan fingerprint density at radius 1 is 0.857 bits per heavy atom. The average Bonchev–Trinajstić information content (AvgIpc) is 3.01. The van der Waals surface area contributed by atoms with Gasteiger partial charge in [-0.05, 0) is 43.9 Å². The van der Waals surface area contributed by atoms with Crippen molar-refractivity contribution in [2.45, 2.75) is 95.0 Å². The first-order valence-corrected chi connectivity index (χ1v) is 9.68. The molecule has 3 atom stereocenters. The maximum Gasteiger partial charge on any atom is 0.476 e. The normalized spacial score (nSPS) is 34.3. The van der Waals surface area contributed by atoms with Crippen molar-refractivity contribution >= 4 is 18.7 Å². The van der Waals surface area contributed by atoms with Gasteiger partial charge in [-0.2, -0.15) is 0 Å². The standard InChI is InChI=1S/C17H30BClO2/c1-2-15(19)18-20-16(13-9-5-3-6-10-13)17(21-18)14-11-7-4-8-12-14/h13-17H,2-12H2,1H3/t15-,16-,17-/m1/s1. The van der Waals surface area contributed by atoms with Gasteiger partial charge in [0.2, 0.25) is 0 Å². The Kier molecular flexibility index (Phi) is 5.92. The van der Waals surface area contributed by atoms with E-state index in [1.807, 2.05) is 0 Å². The molecule has 120 valence electrons.